The topological polar surface area (TPSA) is 58.0 Å². The standard InChI is InChI=1S/C25H24N6/c1-2-4-22-19(3-1)5-6-23(29-22)31-16-21(17-31)24-25(28-13-12-27-24)30-14-9-20(15-30)18-7-10-26-11-8-18/h1-8,10-13,20-21H,9,14-17H2. The van der Waals surface area contributed by atoms with Gasteiger partial charge in [-0.15, -0.1) is 0 Å². The molecule has 0 bridgehead atoms. The lowest BCUT2D eigenvalue weighted by atomic mass is 9.95. The molecule has 1 unspecified atom stereocenters. The van der Waals surface area contributed by atoms with Crippen molar-refractivity contribution in [3.8, 4) is 0 Å². The molecule has 2 aliphatic rings. The Balaban J connectivity index is 1.18. The van der Waals surface area contributed by atoms with Crippen LogP contribution in [0.3, 0.4) is 0 Å². The summed E-state index contributed by atoms with van der Waals surface area (Å²) in [6.07, 6.45) is 8.55. The minimum absolute atomic E-state index is 0.386. The third kappa shape index (κ3) is 3.38. The third-order valence-electron chi connectivity index (χ3n) is 6.55. The second kappa shape index (κ2) is 7.61. The van der Waals surface area contributed by atoms with Gasteiger partial charge in [-0.05, 0) is 42.3 Å². The van der Waals surface area contributed by atoms with E-state index in [4.69, 9.17) is 15.0 Å². The summed E-state index contributed by atoms with van der Waals surface area (Å²) in [5.74, 6) is 3.00. The molecule has 0 spiro atoms. The first-order chi connectivity index (χ1) is 15.3. The van der Waals surface area contributed by atoms with Gasteiger partial charge in [0.05, 0.1) is 11.2 Å². The van der Waals surface area contributed by atoms with E-state index < -0.39 is 0 Å². The third-order valence-corrected chi connectivity index (χ3v) is 6.55. The first-order valence-corrected chi connectivity index (χ1v) is 10.9. The van der Waals surface area contributed by atoms with Crippen LogP contribution in [-0.2, 0) is 0 Å². The fraction of sp³-hybridized carbons (Fsp3) is 0.280. The van der Waals surface area contributed by atoms with E-state index in [0.29, 0.717) is 11.8 Å². The first kappa shape index (κ1) is 18.2. The lowest BCUT2D eigenvalue weighted by Crippen LogP contribution is -2.46. The number of benzene rings is 1. The van der Waals surface area contributed by atoms with Gasteiger partial charge < -0.3 is 9.80 Å². The van der Waals surface area contributed by atoms with Gasteiger partial charge in [-0.3, -0.25) is 9.97 Å². The van der Waals surface area contributed by atoms with Crippen molar-refractivity contribution in [2.24, 2.45) is 0 Å². The van der Waals surface area contributed by atoms with Crippen LogP contribution in [0.4, 0.5) is 11.6 Å². The number of nitrogens with zero attached hydrogens (tertiary/aromatic N) is 6. The van der Waals surface area contributed by atoms with Gasteiger partial charge in [0.2, 0.25) is 0 Å². The van der Waals surface area contributed by atoms with Gasteiger partial charge in [0.15, 0.2) is 5.82 Å². The highest BCUT2D eigenvalue weighted by Crippen LogP contribution is 2.37. The second-order valence-corrected chi connectivity index (χ2v) is 8.44. The molecule has 2 fully saturated rings. The number of aromatic nitrogens is 4. The van der Waals surface area contributed by atoms with Crippen LogP contribution in [0.5, 0.6) is 0 Å². The molecule has 6 nitrogen and oxygen atoms in total. The van der Waals surface area contributed by atoms with Crippen molar-refractivity contribution in [3.63, 3.8) is 0 Å². The van der Waals surface area contributed by atoms with Crippen molar-refractivity contribution in [1.29, 1.82) is 0 Å². The molecule has 31 heavy (non-hydrogen) atoms. The Bertz CT molecular complexity index is 1200. The minimum atomic E-state index is 0.386. The number of rotatable bonds is 4. The molecule has 6 rings (SSSR count). The summed E-state index contributed by atoms with van der Waals surface area (Å²) in [6.45, 7) is 3.86. The van der Waals surface area contributed by atoms with Crippen molar-refractivity contribution >= 4 is 22.5 Å². The Kier molecular flexibility index (Phi) is 4.48. The van der Waals surface area contributed by atoms with Crippen LogP contribution in [-0.4, -0.2) is 46.1 Å². The Morgan fingerprint density at radius 1 is 0.742 bits per heavy atom. The van der Waals surface area contributed by atoms with Gasteiger partial charge in [-0.2, -0.15) is 0 Å². The molecule has 0 amide bonds. The van der Waals surface area contributed by atoms with Crippen LogP contribution in [0, 0.1) is 0 Å². The van der Waals surface area contributed by atoms with E-state index in [9.17, 15) is 0 Å². The zero-order chi connectivity index (χ0) is 20.6. The van der Waals surface area contributed by atoms with E-state index in [1.165, 1.54) is 10.9 Å². The van der Waals surface area contributed by atoms with Crippen LogP contribution < -0.4 is 9.80 Å². The predicted molar refractivity (Wildman–Crippen MR) is 123 cm³/mol. The summed E-state index contributed by atoms with van der Waals surface area (Å²) >= 11 is 0. The summed E-state index contributed by atoms with van der Waals surface area (Å²) in [5, 5.41) is 1.18. The molecule has 0 saturated carbocycles. The molecule has 1 aromatic carbocycles. The van der Waals surface area contributed by atoms with E-state index in [-0.39, 0.29) is 0 Å². The van der Waals surface area contributed by atoms with Gasteiger partial charge in [-0.25, -0.2) is 9.97 Å². The normalized spacial score (nSPS) is 19.0. The Hall–Kier alpha value is -3.54. The fourth-order valence-electron chi connectivity index (χ4n) is 4.80. The Morgan fingerprint density at radius 2 is 1.55 bits per heavy atom. The van der Waals surface area contributed by atoms with Crippen molar-refractivity contribution in [2.45, 2.75) is 18.3 Å². The van der Waals surface area contributed by atoms with Gasteiger partial charge in [-0.1, -0.05) is 18.2 Å². The minimum Gasteiger partial charge on any atom is -0.355 e. The smallest absolute Gasteiger partial charge is 0.150 e. The highest BCUT2D eigenvalue weighted by atomic mass is 15.3. The SMILES string of the molecule is c1ccc2nc(N3CC(c4nccnc4N4CCC(c5ccncc5)C4)C3)ccc2c1. The van der Waals surface area contributed by atoms with E-state index in [1.54, 1.807) is 0 Å². The summed E-state index contributed by atoms with van der Waals surface area (Å²) in [6, 6.07) is 16.8. The average Bonchev–Trinajstić information content (AvgIpc) is 3.29. The maximum Gasteiger partial charge on any atom is 0.150 e. The predicted octanol–water partition coefficient (Wildman–Crippen LogP) is 4.02. The van der Waals surface area contributed by atoms with Crippen molar-refractivity contribution in [3.05, 3.63) is 84.6 Å². The zero-order valence-electron chi connectivity index (χ0n) is 17.3. The molecule has 2 saturated heterocycles. The summed E-state index contributed by atoms with van der Waals surface area (Å²) in [5.41, 5.74) is 3.53. The maximum absolute atomic E-state index is 4.84. The van der Waals surface area contributed by atoms with Crippen LogP contribution in [0.2, 0.25) is 0 Å². The molecule has 6 heteroatoms. The van der Waals surface area contributed by atoms with E-state index >= 15 is 0 Å². The highest BCUT2D eigenvalue weighted by molar-refractivity contribution is 5.80. The number of fused-ring (bicyclic) bond motifs is 1. The van der Waals surface area contributed by atoms with Crippen LogP contribution in [0.25, 0.3) is 10.9 Å². The van der Waals surface area contributed by atoms with Crippen molar-refractivity contribution in [1.82, 2.24) is 19.9 Å². The lowest BCUT2D eigenvalue weighted by Gasteiger charge is -2.40. The van der Waals surface area contributed by atoms with Gasteiger partial charge in [0, 0.05) is 68.2 Å². The van der Waals surface area contributed by atoms with E-state index in [0.717, 1.165) is 55.4 Å². The number of hydrogen-bond acceptors (Lipinski definition) is 6. The van der Waals surface area contributed by atoms with E-state index in [2.05, 4.69) is 57.2 Å². The Labute approximate surface area is 181 Å². The molecule has 0 N–H and O–H groups in total. The summed E-state index contributed by atoms with van der Waals surface area (Å²) < 4.78 is 0. The lowest BCUT2D eigenvalue weighted by molar-refractivity contribution is 0.507. The maximum atomic E-state index is 4.84. The van der Waals surface area contributed by atoms with E-state index in [1.807, 2.05) is 30.9 Å². The molecule has 4 aromatic rings. The number of anilines is 2. The molecule has 0 aliphatic carbocycles. The number of hydrogen-bond donors (Lipinski definition) is 0. The molecular formula is C25H24N6. The van der Waals surface area contributed by atoms with Crippen LogP contribution in [0.15, 0.2) is 73.3 Å². The summed E-state index contributed by atoms with van der Waals surface area (Å²) in [4.78, 5) is 23.2. The van der Waals surface area contributed by atoms with Crippen molar-refractivity contribution in [2.75, 3.05) is 36.0 Å². The van der Waals surface area contributed by atoms with Gasteiger partial charge in [0.1, 0.15) is 5.82 Å². The molecule has 5 heterocycles. The quantitative estimate of drug-likeness (QED) is 0.508. The molecule has 1 atom stereocenters. The first-order valence-electron chi connectivity index (χ1n) is 10.9. The van der Waals surface area contributed by atoms with Crippen LogP contribution >= 0.6 is 0 Å². The monoisotopic (exact) mass is 408 g/mol. The molecule has 0 radical (unpaired) electrons. The largest absolute Gasteiger partial charge is 0.355 e. The fourth-order valence-corrected chi connectivity index (χ4v) is 4.80. The number of pyridine rings is 2. The van der Waals surface area contributed by atoms with Gasteiger partial charge >= 0.3 is 0 Å². The Morgan fingerprint density at radius 3 is 2.45 bits per heavy atom. The average molecular weight is 409 g/mol. The molecule has 2 aliphatic heterocycles. The number of para-hydroxylation sites is 1. The highest BCUT2D eigenvalue weighted by Gasteiger charge is 2.35. The molecule has 154 valence electrons. The van der Waals surface area contributed by atoms with Gasteiger partial charge in [0.25, 0.3) is 0 Å². The second-order valence-electron chi connectivity index (χ2n) is 8.44. The molecular weight excluding hydrogens is 384 g/mol. The molecule has 3 aromatic heterocycles. The van der Waals surface area contributed by atoms with Crippen molar-refractivity contribution < 1.29 is 0 Å². The van der Waals surface area contributed by atoms with Crippen LogP contribution in [0.1, 0.15) is 29.5 Å². The zero-order valence-corrected chi connectivity index (χ0v) is 17.3. The summed E-state index contributed by atoms with van der Waals surface area (Å²) in [7, 11) is 0.